The SMILES string of the molecule is C=C(C)C(=O)OCCS(=O)(=O)N(C)OS(=O)O. The van der Waals surface area contributed by atoms with Gasteiger partial charge in [0.2, 0.25) is 10.0 Å². The van der Waals surface area contributed by atoms with E-state index in [9.17, 15) is 17.4 Å². The summed E-state index contributed by atoms with van der Waals surface area (Å²) in [5.74, 6) is -1.28. The Morgan fingerprint density at radius 1 is 1.53 bits per heavy atom. The van der Waals surface area contributed by atoms with Gasteiger partial charge < -0.3 is 4.74 Å². The molecule has 0 radical (unpaired) electrons. The fourth-order valence-electron chi connectivity index (χ4n) is 0.628. The average Bonchev–Trinajstić information content (AvgIpc) is 2.15. The van der Waals surface area contributed by atoms with Gasteiger partial charge in [0, 0.05) is 12.6 Å². The molecule has 0 aromatic rings. The zero-order chi connectivity index (χ0) is 13.6. The second-order valence-corrected chi connectivity index (χ2v) is 5.60. The molecule has 0 aliphatic rings. The Hall–Kier alpha value is -0.810. The van der Waals surface area contributed by atoms with Crippen LogP contribution in [0.3, 0.4) is 0 Å². The molecule has 17 heavy (non-hydrogen) atoms. The largest absolute Gasteiger partial charge is 0.461 e. The average molecular weight is 287 g/mol. The van der Waals surface area contributed by atoms with Crippen molar-refractivity contribution < 1.29 is 31.0 Å². The van der Waals surface area contributed by atoms with Gasteiger partial charge in [-0.15, -0.1) is 0 Å². The number of sulfonamides is 1. The van der Waals surface area contributed by atoms with Gasteiger partial charge in [-0.1, -0.05) is 11.0 Å². The molecule has 10 heteroatoms. The van der Waals surface area contributed by atoms with E-state index in [2.05, 4.69) is 15.6 Å². The topological polar surface area (TPSA) is 110 Å². The summed E-state index contributed by atoms with van der Waals surface area (Å²) in [5, 5.41) is 0. The number of rotatable bonds is 7. The smallest absolute Gasteiger partial charge is 0.333 e. The van der Waals surface area contributed by atoms with Crippen LogP contribution in [0.25, 0.3) is 0 Å². The minimum absolute atomic E-state index is 0.142. The maximum Gasteiger partial charge on any atom is 0.333 e. The Labute approximate surface area is 102 Å². The van der Waals surface area contributed by atoms with Crippen LogP contribution in [0.1, 0.15) is 6.92 Å². The molecule has 0 saturated heterocycles. The van der Waals surface area contributed by atoms with E-state index >= 15 is 0 Å². The Morgan fingerprint density at radius 2 is 2.06 bits per heavy atom. The third-order valence-corrected chi connectivity index (χ3v) is 3.47. The summed E-state index contributed by atoms with van der Waals surface area (Å²) in [6, 6.07) is 0. The summed E-state index contributed by atoms with van der Waals surface area (Å²) >= 11 is -2.74. The lowest BCUT2D eigenvalue weighted by molar-refractivity contribution is -0.138. The highest BCUT2D eigenvalue weighted by molar-refractivity contribution is 7.89. The maximum atomic E-state index is 11.4. The number of hydrogen-bond acceptors (Lipinski definition) is 6. The molecule has 0 bridgehead atoms. The van der Waals surface area contributed by atoms with Crippen molar-refractivity contribution in [2.24, 2.45) is 0 Å². The lowest BCUT2D eigenvalue weighted by atomic mass is 10.4. The van der Waals surface area contributed by atoms with Crippen LogP contribution in [-0.2, 0) is 35.2 Å². The molecule has 0 aliphatic carbocycles. The molecule has 8 nitrogen and oxygen atoms in total. The van der Waals surface area contributed by atoms with Gasteiger partial charge in [-0.3, -0.25) is 4.55 Å². The Kier molecular flexibility index (Phi) is 6.49. The number of carbonyl (C=O) groups is 1. The van der Waals surface area contributed by atoms with Gasteiger partial charge in [-0.05, 0) is 6.92 Å². The molecule has 1 atom stereocenters. The van der Waals surface area contributed by atoms with Crippen LogP contribution in [0, 0.1) is 0 Å². The van der Waals surface area contributed by atoms with Crippen molar-refractivity contribution in [3.63, 3.8) is 0 Å². The third-order valence-electron chi connectivity index (χ3n) is 1.48. The van der Waals surface area contributed by atoms with E-state index in [-0.39, 0.29) is 10.0 Å². The predicted octanol–water partition coefficient (Wildman–Crippen LogP) is -0.564. The Balaban J connectivity index is 4.24. The van der Waals surface area contributed by atoms with Gasteiger partial charge in [0.05, 0.1) is 0 Å². The maximum absolute atomic E-state index is 11.4. The first-order valence-corrected chi connectivity index (χ1v) is 6.89. The molecule has 0 heterocycles. The monoisotopic (exact) mass is 287 g/mol. The minimum Gasteiger partial charge on any atom is -0.461 e. The summed E-state index contributed by atoms with van der Waals surface area (Å²) in [4.78, 5) is 10.9. The summed E-state index contributed by atoms with van der Waals surface area (Å²) in [7, 11) is -2.98. The molecular weight excluding hydrogens is 274 g/mol. The molecule has 0 aliphatic heterocycles. The summed E-state index contributed by atoms with van der Waals surface area (Å²) in [5.41, 5.74) is 0.142. The van der Waals surface area contributed by atoms with Gasteiger partial charge in [-0.2, -0.15) is 8.49 Å². The van der Waals surface area contributed by atoms with E-state index in [0.29, 0.717) is 0 Å². The fourth-order valence-corrected chi connectivity index (χ4v) is 1.89. The molecule has 0 saturated carbocycles. The molecule has 1 unspecified atom stereocenters. The van der Waals surface area contributed by atoms with Crippen LogP contribution >= 0.6 is 0 Å². The van der Waals surface area contributed by atoms with E-state index < -0.39 is 39.7 Å². The van der Waals surface area contributed by atoms with Crippen molar-refractivity contribution in [1.29, 1.82) is 0 Å². The molecule has 0 rings (SSSR count). The van der Waals surface area contributed by atoms with E-state index in [1.807, 2.05) is 0 Å². The van der Waals surface area contributed by atoms with Gasteiger partial charge in [0.25, 0.3) is 0 Å². The first-order chi connectivity index (χ1) is 7.66. The predicted molar refractivity (Wildman–Crippen MR) is 59.2 cm³/mol. The molecule has 1 N–H and O–H groups in total. The van der Waals surface area contributed by atoms with E-state index in [4.69, 9.17) is 4.55 Å². The molecule has 100 valence electrons. The number of carbonyl (C=O) groups excluding carboxylic acids is 1. The summed E-state index contributed by atoms with van der Waals surface area (Å²) in [6.07, 6.45) is 0. The van der Waals surface area contributed by atoms with Crippen molar-refractivity contribution in [3.05, 3.63) is 12.2 Å². The van der Waals surface area contributed by atoms with Crippen molar-refractivity contribution in [1.82, 2.24) is 4.47 Å². The van der Waals surface area contributed by atoms with E-state index in [0.717, 1.165) is 7.05 Å². The van der Waals surface area contributed by atoms with Crippen LogP contribution in [-0.4, -0.2) is 47.0 Å². The fraction of sp³-hybridized carbons (Fsp3) is 0.571. The number of ether oxygens (including phenoxy) is 1. The lowest BCUT2D eigenvalue weighted by Crippen LogP contribution is -2.32. The van der Waals surface area contributed by atoms with Gasteiger partial charge in [0.15, 0.2) is 0 Å². The zero-order valence-corrected chi connectivity index (χ0v) is 10.9. The van der Waals surface area contributed by atoms with E-state index in [1.165, 1.54) is 6.92 Å². The number of hydrogen-bond donors (Lipinski definition) is 1. The molecule has 0 fully saturated rings. The van der Waals surface area contributed by atoms with Crippen LogP contribution in [0.2, 0.25) is 0 Å². The molecule has 0 spiro atoms. The first-order valence-electron chi connectivity index (χ1n) is 4.25. The normalized spacial score (nSPS) is 13.4. The van der Waals surface area contributed by atoms with Crippen LogP contribution in [0.15, 0.2) is 12.2 Å². The second kappa shape index (κ2) is 6.81. The minimum atomic E-state index is -3.93. The summed E-state index contributed by atoms with van der Waals surface area (Å²) < 4.78 is 50.1. The van der Waals surface area contributed by atoms with Crippen molar-refractivity contribution in [3.8, 4) is 0 Å². The van der Waals surface area contributed by atoms with Crippen LogP contribution in [0.4, 0.5) is 0 Å². The highest BCUT2D eigenvalue weighted by Gasteiger charge is 2.21. The van der Waals surface area contributed by atoms with Crippen molar-refractivity contribution >= 4 is 27.4 Å². The van der Waals surface area contributed by atoms with Crippen LogP contribution < -0.4 is 0 Å². The molecule has 0 aromatic carbocycles. The summed E-state index contributed by atoms with van der Waals surface area (Å²) in [6.45, 7) is 4.33. The molecule has 0 amide bonds. The second-order valence-electron chi connectivity index (χ2n) is 2.93. The highest BCUT2D eigenvalue weighted by atomic mass is 32.2. The zero-order valence-electron chi connectivity index (χ0n) is 9.28. The van der Waals surface area contributed by atoms with E-state index in [1.54, 1.807) is 0 Å². The van der Waals surface area contributed by atoms with Gasteiger partial charge in [-0.25, -0.2) is 13.2 Å². The lowest BCUT2D eigenvalue weighted by Gasteiger charge is -2.13. The Morgan fingerprint density at radius 3 is 2.47 bits per heavy atom. The van der Waals surface area contributed by atoms with Gasteiger partial charge >= 0.3 is 17.3 Å². The number of nitrogens with zero attached hydrogens (tertiary/aromatic N) is 1. The van der Waals surface area contributed by atoms with Crippen molar-refractivity contribution in [2.75, 3.05) is 19.4 Å². The number of hydroxylamine groups is 1. The standard InChI is InChI=1S/C7H13NO7S2/c1-6(2)7(9)14-4-5-17(12,13)8(3)15-16(10)11/h1,4-5H2,2-3H3,(H,10,11). The number of esters is 1. The Bertz CT molecular complexity index is 416. The third kappa shape index (κ3) is 6.48. The molecular formula is C7H13NO7S2. The first kappa shape index (κ1) is 16.2. The quantitative estimate of drug-likeness (QED) is 0.289. The van der Waals surface area contributed by atoms with Crippen LogP contribution in [0.5, 0.6) is 0 Å². The van der Waals surface area contributed by atoms with Gasteiger partial charge in [0.1, 0.15) is 12.4 Å². The van der Waals surface area contributed by atoms with Crippen molar-refractivity contribution in [2.45, 2.75) is 6.92 Å². The molecule has 0 aromatic heterocycles. The highest BCUT2D eigenvalue weighted by Crippen LogP contribution is 2.01.